The van der Waals surface area contributed by atoms with Crippen LogP contribution in [0.15, 0.2) is 24.4 Å². The van der Waals surface area contributed by atoms with Gasteiger partial charge in [-0.05, 0) is 33.8 Å². The largest absolute Gasteiger partial charge is 0.462 e. The number of ether oxygens (including phenoxy) is 2. The van der Waals surface area contributed by atoms with Gasteiger partial charge in [-0.25, -0.2) is 9.59 Å². The number of hydrogen-bond acceptors (Lipinski definition) is 8. The topological polar surface area (TPSA) is 115 Å². The van der Waals surface area contributed by atoms with Gasteiger partial charge in [-0.1, -0.05) is 0 Å². The van der Waals surface area contributed by atoms with Crippen molar-refractivity contribution in [3.05, 3.63) is 40.1 Å². The number of aromatic nitrogens is 1. The number of rotatable bonds is 4. The Kier molecular flexibility index (Phi) is 6.28. The number of amides is 1. The minimum Gasteiger partial charge on any atom is -0.462 e. The molecule has 1 amide bonds. The van der Waals surface area contributed by atoms with Crippen LogP contribution in [0.4, 0.5) is 16.2 Å². The summed E-state index contributed by atoms with van der Waals surface area (Å²) in [5, 5.41) is 11.7. The summed E-state index contributed by atoms with van der Waals surface area (Å²) in [7, 11) is 0. The molecule has 31 heavy (non-hydrogen) atoms. The van der Waals surface area contributed by atoms with E-state index in [-0.39, 0.29) is 24.0 Å². The summed E-state index contributed by atoms with van der Waals surface area (Å²) in [6, 6.07) is 4.36. The van der Waals surface area contributed by atoms with Gasteiger partial charge in [0.2, 0.25) is 0 Å². The molecule has 0 radical (unpaired) electrons. The van der Waals surface area contributed by atoms with E-state index in [4.69, 9.17) is 9.47 Å². The molecule has 0 saturated carbocycles. The first-order valence-corrected chi connectivity index (χ1v) is 10.1. The predicted molar refractivity (Wildman–Crippen MR) is 114 cm³/mol. The second-order valence-corrected chi connectivity index (χ2v) is 8.15. The molecule has 1 aliphatic heterocycles. The molecule has 1 fully saturated rings. The number of nitro groups is 1. The van der Waals surface area contributed by atoms with Crippen LogP contribution in [-0.4, -0.2) is 65.3 Å². The molecule has 166 valence electrons. The lowest BCUT2D eigenvalue weighted by Crippen LogP contribution is -2.50. The highest BCUT2D eigenvalue weighted by Gasteiger charge is 2.29. The summed E-state index contributed by atoms with van der Waals surface area (Å²) in [5.74, 6) is -0.514. The van der Waals surface area contributed by atoms with E-state index in [1.807, 2.05) is 25.7 Å². The number of anilines is 1. The quantitative estimate of drug-likeness (QED) is 0.412. The fourth-order valence-corrected chi connectivity index (χ4v) is 3.42. The highest BCUT2D eigenvalue weighted by molar-refractivity contribution is 6.05. The van der Waals surface area contributed by atoms with Crippen molar-refractivity contribution in [3.8, 4) is 0 Å². The molecular formula is C21H26N4O6. The summed E-state index contributed by atoms with van der Waals surface area (Å²) in [6.45, 7) is 9.11. The molecule has 1 aromatic carbocycles. The second-order valence-electron chi connectivity index (χ2n) is 8.15. The lowest BCUT2D eigenvalue weighted by atomic mass is 10.1. The Morgan fingerprint density at radius 1 is 1.19 bits per heavy atom. The number of non-ortho nitro benzene ring substituents is 1. The fourth-order valence-electron chi connectivity index (χ4n) is 3.42. The van der Waals surface area contributed by atoms with Gasteiger partial charge in [0, 0.05) is 49.9 Å². The van der Waals surface area contributed by atoms with Crippen LogP contribution in [0, 0.1) is 10.1 Å². The zero-order valence-corrected chi connectivity index (χ0v) is 18.1. The molecule has 1 aromatic heterocycles. The summed E-state index contributed by atoms with van der Waals surface area (Å²) >= 11 is 0. The van der Waals surface area contributed by atoms with Crippen LogP contribution in [0.3, 0.4) is 0 Å². The fraction of sp³-hybridized carbons (Fsp3) is 0.476. The third kappa shape index (κ3) is 5.01. The average Bonchev–Trinajstić information content (AvgIpc) is 2.71. The molecule has 10 nitrogen and oxygen atoms in total. The van der Waals surface area contributed by atoms with Crippen molar-refractivity contribution in [2.75, 3.05) is 37.7 Å². The minimum absolute atomic E-state index is 0.0791. The molecule has 10 heteroatoms. The van der Waals surface area contributed by atoms with Crippen LogP contribution in [0.2, 0.25) is 0 Å². The van der Waals surface area contributed by atoms with Gasteiger partial charge < -0.3 is 19.3 Å². The van der Waals surface area contributed by atoms with Gasteiger partial charge in [-0.15, -0.1) is 0 Å². The molecule has 0 N–H and O–H groups in total. The predicted octanol–water partition coefficient (Wildman–Crippen LogP) is 3.38. The zero-order valence-electron chi connectivity index (χ0n) is 18.1. The molecule has 2 heterocycles. The number of nitrogens with zero attached hydrogens (tertiary/aromatic N) is 4. The van der Waals surface area contributed by atoms with Crippen molar-refractivity contribution < 1.29 is 24.0 Å². The molecule has 0 spiro atoms. The maximum Gasteiger partial charge on any atom is 0.410 e. The van der Waals surface area contributed by atoms with Crippen molar-refractivity contribution in [2.24, 2.45) is 0 Å². The van der Waals surface area contributed by atoms with Crippen LogP contribution >= 0.6 is 0 Å². The van der Waals surface area contributed by atoms with Crippen LogP contribution in [0.5, 0.6) is 0 Å². The SMILES string of the molecule is CCOC(=O)c1cnc2cc([N+](=O)[O-])ccc2c1N1CCN(C(=O)OC(C)(C)C)CC1. The monoisotopic (exact) mass is 430 g/mol. The number of pyridine rings is 1. The summed E-state index contributed by atoms with van der Waals surface area (Å²) in [4.78, 5) is 43.4. The third-order valence-electron chi connectivity index (χ3n) is 4.78. The smallest absolute Gasteiger partial charge is 0.410 e. The molecular weight excluding hydrogens is 404 g/mol. The van der Waals surface area contributed by atoms with E-state index in [1.165, 1.54) is 18.3 Å². The van der Waals surface area contributed by atoms with Gasteiger partial charge in [-0.2, -0.15) is 0 Å². The van der Waals surface area contributed by atoms with E-state index in [0.717, 1.165) is 0 Å². The number of carbonyl (C=O) groups is 2. The van der Waals surface area contributed by atoms with Gasteiger partial charge in [0.1, 0.15) is 11.2 Å². The minimum atomic E-state index is -0.582. The number of benzene rings is 1. The normalized spacial score (nSPS) is 14.5. The standard InChI is InChI=1S/C21H26N4O6/c1-5-30-19(26)16-13-22-17-12-14(25(28)29)6-7-15(17)18(16)23-8-10-24(11-9-23)20(27)31-21(2,3)4/h6-7,12-13H,5,8-11H2,1-4H3. The van der Waals surface area contributed by atoms with E-state index in [1.54, 1.807) is 17.9 Å². The summed E-state index contributed by atoms with van der Waals surface area (Å²) in [6.07, 6.45) is 1.01. The number of esters is 1. The number of carbonyl (C=O) groups excluding carboxylic acids is 2. The Hall–Kier alpha value is -3.43. The van der Waals surface area contributed by atoms with Gasteiger partial charge in [0.05, 0.1) is 22.7 Å². The Balaban J connectivity index is 1.94. The number of hydrogen-bond donors (Lipinski definition) is 0. The van der Waals surface area contributed by atoms with Gasteiger partial charge in [-0.3, -0.25) is 15.1 Å². The first kappa shape index (κ1) is 22.3. The van der Waals surface area contributed by atoms with Crippen LogP contribution in [0.25, 0.3) is 10.9 Å². The van der Waals surface area contributed by atoms with Crippen molar-refractivity contribution in [3.63, 3.8) is 0 Å². The highest BCUT2D eigenvalue weighted by Crippen LogP contribution is 2.33. The Labute approximate surface area is 179 Å². The Morgan fingerprint density at radius 2 is 1.87 bits per heavy atom. The van der Waals surface area contributed by atoms with E-state index in [2.05, 4.69) is 4.98 Å². The molecule has 2 aromatic rings. The Morgan fingerprint density at radius 3 is 2.45 bits per heavy atom. The van der Waals surface area contributed by atoms with Crippen LogP contribution in [-0.2, 0) is 9.47 Å². The maximum atomic E-state index is 12.6. The first-order valence-electron chi connectivity index (χ1n) is 10.1. The Bertz CT molecular complexity index is 1010. The molecule has 0 atom stereocenters. The van der Waals surface area contributed by atoms with Crippen molar-refractivity contribution >= 4 is 34.3 Å². The number of piperazine rings is 1. The number of nitro benzene ring substituents is 1. The zero-order chi connectivity index (χ0) is 22.8. The second kappa shape index (κ2) is 8.75. The molecule has 1 aliphatic rings. The van der Waals surface area contributed by atoms with Crippen molar-refractivity contribution in [2.45, 2.75) is 33.3 Å². The van der Waals surface area contributed by atoms with E-state index in [0.29, 0.717) is 42.8 Å². The van der Waals surface area contributed by atoms with Crippen LogP contribution < -0.4 is 4.90 Å². The van der Waals surface area contributed by atoms with Gasteiger partial charge in [0.15, 0.2) is 0 Å². The molecule has 1 saturated heterocycles. The highest BCUT2D eigenvalue weighted by atomic mass is 16.6. The van der Waals surface area contributed by atoms with Crippen molar-refractivity contribution in [1.29, 1.82) is 0 Å². The summed E-state index contributed by atoms with van der Waals surface area (Å²) in [5.41, 5.74) is 0.633. The van der Waals surface area contributed by atoms with E-state index in [9.17, 15) is 19.7 Å². The molecule has 3 rings (SSSR count). The molecule has 0 aliphatic carbocycles. The van der Waals surface area contributed by atoms with Gasteiger partial charge in [0.25, 0.3) is 5.69 Å². The third-order valence-corrected chi connectivity index (χ3v) is 4.78. The molecule has 0 unspecified atom stereocenters. The van der Waals surface area contributed by atoms with E-state index >= 15 is 0 Å². The van der Waals surface area contributed by atoms with E-state index < -0.39 is 16.5 Å². The van der Waals surface area contributed by atoms with Crippen molar-refractivity contribution in [1.82, 2.24) is 9.88 Å². The van der Waals surface area contributed by atoms with Crippen LogP contribution in [0.1, 0.15) is 38.1 Å². The average molecular weight is 430 g/mol. The molecule has 0 bridgehead atoms. The first-order chi connectivity index (χ1) is 14.6. The lowest BCUT2D eigenvalue weighted by Gasteiger charge is -2.37. The van der Waals surface area contributed by atoms with Gasteiger partial charge >= 0.3 is 12.1 Å². The number of fused-ring (bicyclic) bond motifs is 1. The lowest BCUT2D eigenvalue weighted by molar-refractivity contribution is -0.384. The maximum absolute atomic E-state index is 12.6. The summed E-state index contributed by atoms with van der Waals surface area (Å²) < 4.78 is 10.6.